The van der Waals surface area contributed by atoms with E-state index in [1.165, 1.54) is 62.6 Å². The number of methoxy groups -OCH3 is 1. The molecule has 12 atom stereocenters. The van der Waals surface area contributed by atoms with Crippen LogP contribution >= 0.6 is 11.3 Å². The predicted octanol–water partition coefficient (Wildman–Crippen LogP) is 0.00760. The smallest absolute Gasteiger partial charge is 0.446 e. The zero-order chi connectivity index (χ0) is 65.9. The summed E-state index contributed by atoms with van der Waals surface area (Å²) in [5, 5.41) is 100. The second kappa shape index (κ2) is 31.6. The molecule has 0 spiro atoms. The summed E-state index contributed by atoms with van der Waals surface area (Å²) in [6.07, 6.45) is 1.86. The number of aromatic nitrogens is 2. The third-order valence-electron chi connectivity index (χ3n) is 18.9. The Hall–Kier alpha value is -6.19. The third-order valence-corrected chi connectivity index (χ3v) is 20.4. The molecule has 4 heterocycles. The molecule has 28 nitrogen and oxygen atoms in total. The number of amides is 6. The lowest BCUT2D eigenvalue weighted by Gasteiger charge is -2.47. The fourth-order valence-corrected chi connectivity index (χ4v) is 14.9. The molecule has 504 valence electrons. The van der Waals surface area contributed by atoms with Gasteiger partial charge in [0.2, 0.25) is 35.9 Å². The summed E-state index contributed by atoms with van der Waals surface area (Å²) >= 11 is 1.58. The lowest BCUT2D eigenvalue weighted by Crippen LogP contribution is -2.63. The molecule has 3 saturated heterocycles. The molecule has 8 rings (SSSR count). The van der Waals surface area contributed by atoms with Crippen LogP contribution in [-0.4, -0.2) is 230 Å². The van der Waals surface area contributed by atoms with E-state index in [0.717, 1.165) is 84.2 Å². The van der Waals surface area contributed by atoms with Crippen molar-refractivity contribution >= 4 is 63.4 Å². The zero-order valence-corrected chi connectivity index (χ0v) is 53.5. The van der Waals surface area contributed by atoms with Gasteiger partial charge in [0.05, 0.1) is 48.3 Å². The van der Waals surface area contributed by atoms with E-state index in [9.17, 15) is 77.5 Å². The number of phenolic OH excluding ortho intramolecular Hbond substituents is 1. The molecule has 3 aliphatic heterocycles. The number of benzene rings is 2. The third kappa shape index (κ3) is 18.4. The van der Waals surface area contributed by atoms with Crippen molar-refractivity contribution in [2.45, 2.75) is 189 Å². The van der Waals surface area contributed by atoms with Crippen LogP contribution in [-0.2, 0) is 50.3 Å². The van der Waals surface area contributed by atoms with Gasteiger partial charge in [0.25, 0.3) is 0 Å². The fourth-order valence-electron chi connectivity index (χ4n) is 13.5. The van der Waals surface area contributed by atoms with Crippen molar-refractivity contribution in [2.75, 3.05) is 57.8 Å². The van der Waals surface area contributed by atoms with Gasteiger partial charge in [-0.25, -0.2) is 0 Å². The van der Waals surface area contributed by atoms with Gasteiger partial charge in [-0.05, 0) is 132 Å². The van der Waals surface area contributed by atoms with Crippen molar-refractivity contribution in [3.05, 3.63) is 53.0 Å². The Morgan fingerprint density at radius 2 is 1.48 bits per heavy atom. The SMILES string of the molecule is COC1(C2CCCCC2)CCN(c2ccc(-c3nnc(C4CCC(CN[C@@H](C[C@@H](O)CNC=O)C(=O)N[C@H](C(=O)N5C[C@H](O)C[C@H]5C(=O)N[C@H](C(=O)N[C@H](C(=O)N5C[C@@H](O)[C@@H](C)C5)[C@@H](C)O)[C@H](O)Cc5ccc(O)c(OS(=O)(=O)O)c5)[C@@H](C)O)CC4)s3)cc2)CC1. The minimum absolute atomic E-state index is 0.0250. The van der Waals surface area contributed by atoms with Crippen molar-refractivity contribution in [1.29, 1.82) is 0 Å². The van der Waals surface area contributed by atoms with Gasteiger partial charge in [0.15, 0.2) is 11.5 Å². The number of β-amino-alcohol motifs (C(OH)–C–C–N with tert-alkyl or cyclic N) is 2. The predicted molar refractivity (Wildman–Crippen MR) is 331 cm³/mol. The minimum atomic E-state index is -5.16. The van der Waals surface area contributed by atoms with Crippen molar-refractivity contribution in [2.24, 2.45) is 17.8 Å². The summed E-state index contributed by atoms with van der Waals surface area (Å²) in [4.78, 5) is 87.1. The zero-order valence-electron chi connectivity index (χ0n) is 51.8. The van der Waals surface area contributed by atoms with E-state index in [4.69, 9.17) is 4.74 Å². The number of hydrogen-bond donors (Lipinski definition) is 13. The van der Waals surface area contributed by atoms with Crippen LogP contribution < -0.4 is 35.7 Å². The number of piperidine rings is 1. The molecule has 30 heteroatoms. The number of ether oxygens (including phenoxy) is 1. The molecule has 0 unspecified atom stereocenters. The highest BCUT2D eigenvalue weighted by molar-refractivity contribution is 7.81. The quantitative estimate of drug-likeness (QED) is 0.0336. The van der Waals surface area contributed by atoms with E-state index in [0.29, 0.717) is 18.9 Å². The number of nitrogens with zero attached hydrogens (tertiary/aromatic N) is 5. The summed E-state index contributed by atoms with van der Waals surface area (Å²) in [5.41, 5.74) is 2.10. The summed E-state index contributed by atoms with van der Waals surface area (Å²) in [6, 6.07) is 3.22. The molecule has 91 heavy (non-hydrogen) atoms. The average Bonchev–Trinajstić information content (AvgIpc) is 1.57. The van der Waals surface area contributed by atoms with Crippen molar-refractivity contribution in [3.63, 3.8) is 0 Å². The van der Waals surface area contributed by atoms with E-state index in [1.807, 2.05) is 7.11 Å². The fraction of sp³-hybridized carbons (Fsp3) is 0.672. The van der Waals surface area contributed by atoms with Crippen molar-refractivity contribution in [1.82, 2.24) is 46.6 Å². The van der Waals surface area contributed by atoms with Gasteiger partial charge < -0.3 is 85.9 Å². The number of phenols is 1. The molecule has 5 fully saturated rings. The Balaban J connectivity index is 0.901. The van der Waals surface area contributed by atoms with E-state index in [-0.39, 0.29) is 55.0 Å². The van der Waals surface area contributed by atoms with Crippen LogP contribution in [0.1, 0.15) is 121 Å². The first kappa shape index (κ1) is 70.7. The Labute approximate surface area is 533 Å². The van der Waals surface area contributed by atoms with Gasteiger partial charge in [-0.2, -0.15) is 8.42 Å². The molecular formula is C61H90N10O18S2. The number of carbonyl (C=O) groups is 6. The average molecular weight is 1320 g/mol. The van der Waals surface area contributed by atoms with Gasteiger partial charge in [0, 0.05) is 82.3 Å². The van der Waals surface area contributed by atoms with Gasteiger partial charge in [-0.3, -0.25) is 33.3 Å². The topological polar surface area (TPSA) is 413 Å². The lowest BCUT2D eigenvalue weighted by molar-refractivity contribution is -0.145. The summed E-state index contributed by atoms with van der Waals surface area (Å²) in [6.45, 7) is 5.51. The number of carbonyl (C=O) groups excluding carboxylic acids is 6. The first-order valence-electron chi connectivity index (χ1n) is 31.5. The number of aromatic hydroxyl groups is 1. The molecule has 5 aliphatic rings. The summed E-state index contributed by atoms with van der Waals surface area (Å²) < 4.78 is 43.0. The van der Waals surface area contributed by atoms with Crippen molar-refractivity contribution < 1.29 is 86.4 Å². The van der Waals surface area contributed by atoms with E-state index in [1.54, 1.807) is 18.3 Å². The monoisotopic (exact) mass is 1310 g/mol. The van der Waals surface area contributed by atoms with Crippen LogP contribution in [0, 0.1) is 17.8 Å². The van der Waals surface area contributed by atoms with Gasteiger partial charge in [-0.1, -0.05) is 43.6 Å². The van der Waals surface area contributed by atoms with Crippen LogP contribution in [0.4, 0.5) is 5.69 Å². The number of nitrogens with one attached hydrogen (secondary N) is 5. The van der Waals surface area contributed by atoms with Gasteiger partial charge in [0.1, 0.15) is 34.2 Å². The standard InChI is InChI=1S/C61H90N10O18S2/c1-34-30-70(32-49(34)79)59(83)51(35(2)73)65-56(82)53(48(78)24-38-12-19-47(77)50(25-38)89-91(85,86)87)66-55(81)46-27-44(76)31-71(46)60(84)52(36(3)74)64-54(80)45(26-43(75)29-62-33-72)63-28-37-10-13-39(14-11-37)57-67-68-58(90-57)40-15-17-42(18-16-40)69-22-20-61(88-4,21-23-69)41-8-6-5-7-9-41/h12,15-19,25,33-37,39,41,43-46,48-49,51-53,63,73-79H,5-11,13-14,20-24,26-32H2,1-4H3,(H,62,72)(H,64,80)(H,65,82)(H,66,81)(H,85,86,87)/t34-,35+,36+,37?,39?,43+,44+,45-,46-,48+,49+,51-,52-,53-/m0/s1. The maximum atomic E-state index is 14.6. The largest absolute Gasteiger partial charge is 0.504 e. The molecule has 2 aromatic carbocycles. The Kier molecular flexibility index (Phi) is 24.6. The molecule has 0 radical (unpaired) electrons. The molecule has 0 bridgehead atoms. The minimum Gasteiger partial charge on any atom is -0.504 e. The van der Waals surface area contributed by atoms with Gasteiger partial charge in [-0.15, -0.1) is 10.2 Å². The first-order chi connectivity index (χ1) is 43.3. The number of aliphatic hydroxyl groups excluding tert-OH is 6. The van der Waals surface area contributed by atoms with E-state index < -0.39 is 138 Å². The second-order valence-corrected chi connectivity index (χ2v) is 27.4. The molecule has 6 amide bonds. The van der Waals surface area contributed by atoms with Crippen LogP contribution in [0.5, 0.6) is 11.5 Å². The lowest BCUT2D eigenvalue weighted by atomic mass is 9.72. The Bertz CT molecular complexity index is 3060. The van der Waals surface area contributed by atoms with E-state index in [2.05, 4.69) is 70.1 Å². The Morgan fingerprint density at radius 1 is 0.824 bits per heavy atom. The molecule has 2 saturated carbocycles. The van der Waals surface area contributed by atoms with Crippen LogP contribution in [0.2, 0.25) is 0 Å². The second-order valence-electron chi connectivity index (χ2n) is 25.4. The molecular weight excluding hydrogens is 1220 g/mol. The highest BCUT2D eigenvalue weighted by Crippen LogP contribution is 2.43. The highest BCUT2D eigenvalue weighted by Gasteiger charge is 2.47. The number of likely N-dealkylation sites (tertiary alicyclic amines) is 2. The van der Waals surface area contributed by atoms with Crippen LogP contribution in [0.25, 0.3) is 10.6 Å². The molecule has 2 aliphatic carbocycles. The van der Waals surface area contributed by atoms with E-state index >= 15 is 0 Å². The highest BCUT2D eigenvalue weighted by atomic mass is 32.3. The maximum absolute atomic E-state index is 14.6. The van der Waals surface area contributed by atoms with Crippen molar-refractivity contribution in [3.8, 4) is 22.1 Å². The van der Waals surface area contributed by atoms with Crippen LogP contribution in [0.15, 0.2) is 42.5 Å². The molecule has 1 aromatic heterocycles. The Morgan fingerprint density at radius 3 is 2.10 bits per heavy atom. The summed E-state index contributed by atoms with van der Waals surface area (Å²) in [5.74, 6) is -6.08. The van der Waals surface area contributed by atoms with Gasteiger partial charge >= 0.3 is 10.4 Å². The number of hydrogen-bond acceptors (Lipinski definition) is 22. The number of anilines is 1. The normalized spacial score (nSPS) is 24.8. The summed E-state index contributed by atoms with van der Waals surface area (Å²) in [7, 11) is -3.28. The first-order valence-corrected chi connectivity index (χ1v) is 33.7. The maximum Gasteiger partial charge on any atom is 0.446 e. The number of aliphatic hydroxyl groups is 6. The molecule has 3 aromatic rings. The molecule has 13 N–H and O–H groups in total. The van der Waals surface area contributed by atoms with Crippen LogP contribution in [0.3, 0.4) is 0 Å². The number of rotatable bonds is 28.